The summed E-state index contributed by atoms with van der Waals surface area (Å²) in [6.07, 6.45) is 0. The van der Waals surface area contributed by atoms with Crippen LogP contribution in [0.3, 0.4) is 0 Å². The molecule has 0 fully saturated rings. The van der Waals surface area contributed by atoms with Crippen molar-refractivity contribution in [3.63, 3.8) is 0 Å². The highest BCUT2D eigenvalue weighted by Gasteiger charge is 2.28. The Labute approximate surface area is 166 Å². The summed E-state index contributed by atoms with van der Waals surface area (Å²) in [6.45, 7) is 3.14. The minimum atomic E-state index is -0.735. The number of ether oxygens (including phenoxy) is 4. The van der Waals surface area contributed by atoms with E-state index in [4.69, 9.17) is 19.9 Å². The maximum atomic E-state index is 12.1. The Morgan fingerprint density at radius 2 is 1.75 bits per heavy atom. The minimum Gasteiger partial charge on any atom is -0.482 e. The molecule has 0 unspecified atom stereocenters. The zero-order chi connectivity index (χ0) is 20.8. The summed E-state index contributed by atoms with van der Waals surface area (Å²) in [5.41, 5.74) is 7.91. The van der Waals surface area contributed by atoms with Crippen molar-refractivity contribution >= 4 is 34.2 Å². The van der Waals surface area contributed by atoms with Crippen molar-refractivity contribution < 1.29 is 33.3 Å². The van der Waals surface area contributed by atoms with E-state index in [1.54, 1.807) is 6.07 Å². The minimum absolute atomic E-state index is 0.0176. The van der Waals surface area contributed by atoms with Gasteiger partial charge in [-0.05, 0) is 25.5 Å². The Hall–Kier alpha value is -3.07. The molecule has 0 saturated heterocycles. The molecule has 2 N–H and O–H groups in total. The van der Waals surface area contributed by atoms with Gasteiger partial charge in [0.25, 0.3) is 0 Å². The molecule has 0 spiro atoms. The third kappa shape index (κ3) is 4.80. The topological polar surface area (TPSA) is 114 Å². The summed E-state index contributed by atoms with van der Waals surface area (Å²) in [6, 6.07) is 5.56. The van der Waals surface area contributed by atoms with Crippen LogP contribution in [0.1, 0.15) is 36.7 Å². The second-order valence-corrected chi connectivity index (χ2v) is 6.90. The number of thiophene rings is 1. The highest BCUT2D eigenvalue weighted by Crippen LogP contribution is 2.33. The van der Waals surface area contributed by atoms with E-state index in [1.165, 1.54) is 14.2 Å². The number of anilines is 1. The molecule has 0 saturated carbocycles. The average Bonchev–Trinajstić information content (AvgIpc) is 3.00. The molecular formula is C19H21NO7S. The largest absolute Gasteiger partial charge is 0.482 e. The maximum absolute atomic E-state index is 12.1. The molecule has 0 aliphatic heterocycles. The first kappa shape index (κ1) is 21.2. The molecule has 9 heteroatoms. The van der Waals surface area contributed by atoms with Crippen LogP contribution >= 0.6 is 11.3 Å². The monoisotopic (exact) mass is 407 g/mol. The van der Waals surface area contributed by atoms with E-state index in [9.17, 15) is 14.4 Å². The molecule has 0 radical (unpaired) electrons. The number of hydrogen-bond acceptors (Lipinski definition) is 9. The molecule has 0 aliphatic rings. The molecule has 1 aromatic heterocycles. The normalized spacial score (nSPS) is 10.3. The summed E-state index contributed by atoms with van der Waals surface area (Å²) in [5, 5.41) is 0.0739. The van der Waals surface area contributed by atoms with Crippen LogP contribution in [0.4, 0.5) is 5.00 Å². The molecule has 1 aromatic carbocycles. The number of esters is 3. The quantitative estimate of drug-likeness (QED) is 0.550. The number of aryl methyl sites for hydroxylation is 2. The lowest BCUT2D eigenvalue weighted by Crippen LogP contribution is -2.17. The summed E-state index contributed by atoms with van der Waals surface area (Å²) in [5.74, 6) is -1.53. The zero-order valence-corrected chi connectivity index (χ0v) is 16.8. The number of hydrogen-bond donors (Lipinski definition) is 1. The summed E-state index contributed by atoms with van der Waals surface area (Å²) < 4.78 is 20.0. The Morgan fingerprint density at radius 3 is 2.36 bits per heavy atom. The Kier molecular flexibility index (Phi) is 7.00. The fraction of sp³-hybridized carbons (Fsp3) is 0.316. The molecule has 0 bridgehead atoms. The molecule has 2 aromatic rings. The fourth-order valence-corrected chi connectivity index (χ4v) is 3.48. The van der Waals surface area contributed by atoms with Gasteiger partial charge in [-0.3, -0.25) is 0 Å². The Morgan fingerprint density at radius 1 is 1.07 bits per heavy atom. The number of benzene rings is 1. The van der Waals surface area contributed by atoms with Gasteiger partial charge in [-0.2, -0.15) is 0 Å². The number of nitrogens with two attached hydrogens (primary N) is 1. The van der Waals surface area contributed by atoms with Gasteiger partial charge in [0, 0.05) is 5.56 Å². The number of carbonyl (C=O) groups is 3. The lowest BCUT2D eigenvalue weighted by atomic mass is 10.1. The van der Waals surface area contributed by atoms with Crippen molar-refractivity contribution in [2.75, 3.05) is 26.6 Å². The van der Waals surface area contributed by atoms with Gasteiger partial charge < -0.3 is 24.7 Å². The first-order valence-electron chi connectivity index (χ1n) is 8.21. The summed E-state index contributed by atoms with van der Waals surface area (Å²) in [7, 11) is 2.38. The molecule has 28 heavy (non-hydrogen) atoms. The molecule has 150 valence electrons. The van der Waals surface area contributed by atoms with Crippen molar-refractivity contribution in [2.45, 2.75) is 20.5 Å². The molecule has 8 nitrogen and oxygen atoms in total. The van der Waals surface area contributed by atoms with E-state index < -0.39 is 17.9 Å². The smallest absolute Gasteiger partial charge is 0.348 e. The van der Waals surface area contributed by atoms with Crippen molar-refractivity contribution in [3.8, 4) is 5.75 Å². The van der Waals surface area contributed by atoms with Crippen LogP contribution in [0.25, 0.3) is 0 Å². The standard InChI is InChI=1S/C19H21NO7S/c1-10-5-6-13(11(2)7-10)26-9-14(21)27-8-12-15(18(22)24-3)17(20)28-16(12)19(23)25-4/h5-7H,8-9,20H2,1-4H3. The predicted molar refractivity (Wildman–Crippen MR) is 103 cm³/mol. The Balaban J connectivity index is 2.11. The van der Waals surface area contributed by atoms with Gasteiger partial charge in [0.2, 0.25) is 0 Å². The average molecular weight is 407 g/mol. The van der Waals surface area contributed by atoms with E-state index >= 15 is 0 Å². The van der Waals surface area contributed by atoms with Crippen LogP contribution in [0.15, 0.2) is 18.2 Å². The van der Waals surface area contributed by atoms with Gasteiger partial charge in [-0.15, -0.1) is 11.3 Å². The van der Waals surface area contributed by atoms with Gasteiger partial charge >= 0.3 is 17.9 Å². The van der Waals surface area contributed by atoms with E-state index in [0.29, 0.717) is 5.75 Å². The highest BCUT2D eigenvalue weighted by molar-refractivity contribution is 7.18. The first-order valence-corrected chi connectivity index (χ1v) is 9.03. The highest BCUT2D eigenvalue weighted by atomic mass is 32.1. The maximum Gasteiger partial charge on any atom is 0.348 e. The summed E-state index contributed by atoms with van der Waals surface area (Å²) in [4.78, 5) is 36.1. The van der Waals surface area contributed by atoms with E-state index in [1.807, 2.05) is 26.0 Å². The van der Waals surface area contributed by atoms with Crippen LogP contribution < -0.4 is 10.5 Å². The van der Waals surface area contributed by atoms with E-state index in [0.717, 1.165) is 22.5 Å². The number of nitrogen functional groups attached to an aromatic ring is 1. The third-order valence-corrected chi connectivity index (χ3v) is 4.89. The van der Waals surface area contributed by atoms with Gasteiger partial charge in [-0.25, -0.2) is 14.4 Å². The molecule has 0 atom stereocenters. The van der Waals surface area contributed by atoms with Crippen LogP contribution in [0.2, 0.25) is 0 Å². The van der Waals surface area contributed by atoms with E-state index in [-0.39, 0.29) is 34.2 Å². The van der Waals surface area contributed by atoms with Crippen molar-refractivity contribution in [1.82, 2.24) is 0 Å². The van der Waals surface area contributed by atoms with Gasteiger partial charge in [0.15, 0.2) is 6.61 Å². The molecule has 0 amide bonds. The molecular weight excluding hydrogens is 386 g/mol. The van der Waals surface area contributed by atoms with Crippen molar-refractivity contribution in [2.24, 2.45) is 0 Å². The Bertz CT molecular complexity index is 904. The summed E-state index contributed by atoms with van der Waals surface area (Å²) >= 11 is 0.862. The lowest BCUT2D eigenvalue weighted by Gasteiger charge is -2.10. The van der Waals surface area contributed by atoms with Crippen LogP contribution in [-0.2, 0) is 25.6 Å². The number of methoxy groups -OCH3 is 2. The van der Waals surface area contributed by atoms with Gasteiger partial charge in [-0.1, -0.05) is 17.7 Å². The lowest BCUT2D eigenvalue weighted by molar-refractivity contribution is -0.147. The number of rotatable bonds is 7. The SMILES string of the molecule is COC(=O)c1sc(N)c(C(=O)OC)c1COC(=O)COc1ccc(C)cc1C. The van der Waals surface area contributed by atoms with Crippen LogP contribution in [0.5, 0.6) is 5.75 Å². The van der Waals surface area contributed by atoms with Crippen LogP contribution in [0, 0.1) is 13.8 Å². The van der Waals surface area contributed by atoms with Gasteiger partial charge in [0.1, 0.15) is 27.8 Å². The predicted octanol–water partition coefficient (Wildman–Crippen LogP) is 2.64. The van der Waals surface area contributed by atoms with E-state index in [2.05, 4.69) is 4.74 Å². The fourth-order valence-electron chi connectivity index (χ4n) is 2.50. The molecule has 2 rings (SSSR count). The zero-order valence-electron chi connectivity index (χ0n) is 16.0. The second kappa shape index (κ2) is 9.23. The van der Waals surface area contributed by atoms with Gasteiger partial charge in [0.05, 0.1) is 14.2 Å². The molecule has 1 heterocycles. The van der Waals surface area contributed by atoms with Crippen molar-refractivity contribution in [3.05, 3.63) is 45.3 Å². The van der Waals surface area contributed by atoms with Crippen LogP contribution in [-0.4, -0.2) is 38.7 Å². The molecule has 0 aliphatic carbocycles. The third-order valence-electron chi connectivity index (χ3n) is 3.85. The second-order valence-electron chi connectivity index (χ2n) is 5.85. The van der Waals surface area contributed by atoms with Crippen molar-refractivity contribution in [1.29, 1.82) is 0 Å². The number of carbonyl (C=O) groups excluding carboxylic acids is 3. The first-order chi connectivity index (χ1) is 13.3.